The first-order valence-corrected chi connectivity index (χ1v) is 8.90. The zero-order valence-electron chi connectivity index (χ0n) is 14.5. The molecule has 0 fully saturated rings. The number of hydrogen-bond acceptors (Lipinski definition) is 5. The van der Waals surface area contributed by atoms with E-state index in [4.69, 9.17) is 4.74 Å². The molecule has 3 heterocycles. The quantitative estimate of drug-likeness (QED) is 0.670. The third kappa shape index (κ3) is 2.80. The van der Waals surface area contributed by atoms with Crippen molar-refractivity contribution >= 4 is 11.6 Å². The summed E-state index contributed by atoms with van der Waals surface area (Å²) in [4.78, 5) is 12.7. The lowest BCUT2D eigenvalue weighted by atomic mass is 9.79. The molecule has 0 spiro atoms. The second-order valence-corrected chi connectivity index (χ2v) is 6.66. The molecule has 6 nitrogen and oxygen atoms in total. The summed E-state index contributed by atoms with van der Waals surface area (Å²) in [6.07, 6.45) is 1.79. The van der Waals surface area contributed by atoms with Gasteiger partial charge in [0.2, 0.25) is 0 Å². The number of carbonyl (C=O) groups is 1. The molecule has 2 aromatic carbocycles. The minimum absolute atomic E-state index is 0.106. The van der Waals surface area contributed by atoms with Gasteiger partial charge in [-0.15, -0.1) is 0 Å². The minimum Gasteiger partial charge on any atom is -0.457 e. The highest BCUT2D eigenvalue weighted by molar-refractivity contribution is 6.02. The number of hydrogen-bond donors (Lipinski definition) is 3. The smallest absolute Gasteiger partial charge is 0.175 e. The minimum atomic E-state index is -0.163. The molecule has 3 N–H and O–H groups in total. The van der Waals surface area contributed by atoms with Crippen molar-refractivity contribution < 1.29 is 9.53 Å². The van der Waals surface area contributed by atoms with Crippen LogP contribution >= 0.6 is 0 Å². The van der Waals surface area contributed by atoms with E-state index in [2.05, 4.69) is 20.8 Å². The van der Waals surface area contributed by atoms with E-state index >= 15 is 0 Å². The van der Waals surface area contributed by atoms with Crippen LogP contribution < -0.4 is 15.4 Å². The van der Waals surface area contributed by atoms with Crippen molar-refractivity contribution in [1.82, 2.24) is 15.5 Å². The van der Waals surface area contributed by atoms with Crippen molar-refractivity contribution in [2.75, 3.05) is 18.4 Å². The van der Waals surface area contributed by atoms with Gasteiger partial charge in [0.05, 0.1) is 12.7 Å². The molecule has 0 aliphatic carbocycles. The number of nitrogens with zero attached hydrogens (tertiary/aromatic N) is 1. The van der Waals surface area contributed by atoms with Gasteiger partial charge in [0, 0.05) is 29.3 Å². The van der Waals surface area contributed by atoms with E-state index < -0.39 is 0 Å². The van der Waals surface area contributed by atoms with E-state index in [9.17, 15) is 4.79 Å². The maximum absolute atomic E-state index is 12.7. The van der Waals surface area contributed by atoms with Crippen LogP contribution in [-0.2, 0) is 4.79 Å². The number of H-pyrrole nitrogens is 1. The Morgan fingerprint density at radius 1 is 1.00 bits per heavy atom. The molecule has 1 atom stereocenters. The Balaban J connectivity index is 1.58. The Kier molecular flexibility index (Phi) is 3.76. The van der Waals surface area contributed by atoms with Gasteiger partial charge in [-0.3, -0.25) is 9.89 Å². The summed E-state index contributed by atoms with van der Waals surface area (Å²) in [5.41, 5.74) is 3.69. The predicted molar refractivity (Wildman–Crippen MR) is 102 cm³/mol. The van der Waals surface area contributed by atoms with E-state index in [0.717, 1.165) is 39.7 Å². The zero-order chi connectivity index (χ0) is 18.2. The van der Waals surface area contributed by atoms with Gasteiger partial charge in [-0.1, -0.05) is 30.3 Å². The number of fused-ring (bicyclic) bond motifs is 1. The molecule has 1 aromatic heterocycles. The molecule has 0 bridgehead atoms. The van der Waals surface area contributed by atoms with Crippen LogP contribution in [0.25, 0.3) is 0 Å². The fraction of sp³-hybridized carbons (Fsp3) is 0.143. The lowest BCUT2D eigenvalue weighted by Crippen LogP contribution is -2.39. The van der Waals surface area contributed by atoms with Gasteiger partial charge in [-0.25, -0.2) is 0 Å². The van der Waals surface area contributed by atoms with Gasteiger partial charge in [-0.2, -0.15) is 5.10 Å². The third-order valence-electron chi connectivity index (χ3n) is 4.93. The zero-order valence-corrected chi connectivity index (χ0v) is 14.5. The number of rotatable bonds is 3. The first kappa shape index (κ1) is 15.8. The van der Waals surface area contributed by atoms with Gasteiger partial charge in [0.25, 0.3) is 0 Å². The monoisotopic (exact) mass is 358 g/mol. The lowest BCUT2D eigenvalue weighted by molar-refractivity contribution is -0.115. The fourth-order valence-electron chi connectivity index (χ4n) is 3.76. The highest BCUT2D eigenvalue weighted by atomic mass is 16.5. The van der Waals surface area contributed by atoms with Crippen LogP contribution in [0.15, 0.2) is 72.1 Å². The number of nitrogens with one attached hydrogen (secondary N) is 3. The summed E-state index contributed by atoms with van der Waals surface area (Å²) in [5.74, 6) is 2.30. The Morgan fingerprint density at radius 3 is 2.74 bits per heavy atom. The van der Waals surface area contributed by atoms with Crippen LogP contribution in [-0.4, -0.2) is 29.1 Å². The van der Waals surface area contributed by atoms with Crippen LogP contribution in [0.5, 0.6) is 11.5 Å². The Labute approximate surface area is 156 Å². The van der Waals surface area contributed by atoms with Crippen molar-refractivity contribution in [3.8, 4) is 11.5 Å². The van der Waals surface area contributed by atoms with Crippen LogP contribution in [0, 0.1) is 0 Å². The molecule has 134 valence electrons. The lowest BCUT2D eigenvalue weighted by Gasteiger charge is -2.32. The molecule has 2 aliphatic heterocycles. The van der Waals surface area contributed by atoms with E-state index in [0.29, 0.717) is 13.1 Å². The Hall–Kier alpha value is -3.38. The van der Waals surface area contributed by atoms with Gasteiger partial charge in [-0.05, 0) is 29.8 Å². The van der Waals surface area contributed by atoms with Crippen LogP contribution in [0.3, 0.4) is 0 Å². The summed E-state index contributed by atoms with van der Waals surface area (Å²) in [7, 11) is 0. The van der Waals surface area contributed by atoms with Crippen molar-refractivity contribution in [2.45, 2.75) is 5.92 Å². The molecule has 0 saturated carbocycles. The molecule has 0 saturated heterocycles. The number of anilines is 1. The number of para-hydroxylation sites is 1. The molecule has 3 aromatic rings. The molecule has 5 rings (SSSR count). The Morgan fingerprint density at radius 2 is 1.85 bits per heavy atom. The average molecular weight is 358 g/mol. The van der Waals surface area contributed by atoms with Crippen LogP contribution in [0.1, 0.15) is 17.0 Å². The topological polar surface area (TPSA) is 79.0 Å². The summed E-state index contributed by atoms with van der Waals surface area (Å²) in [6, 6.07) is 17.6. The second-order valence-electron chi connectivity index (χ2n) is 6.66. The van der Waals surface area contributed by atoms with Gasteiger partial charge in [0.15, 0.2) is 5.78 Å². The summed E-state index contributed by atoms with van der Waals surface area (Å²) >= 11 is 0. The number of ether oxygens (including phenoxy) is 1. The van der Waals surface area contributed by atoms with Crippen molar-refractivity contribution in [2.24, 2.45) is 0 Å². The maximum atomic E-state index is 12.7. The first-order valence-electron chi connectivity index (χ1n) is 8.90. The van der Waals surface area contributed by atoms with E-state index in [1.54, 1.807) is 6.20 Å². The second kappa shape index (κ2) is 6.41. The molecule has 0 radical (unpaired) electrons. The predicted octanol–water partition coefficient (Wildman–Crippen LogP) is 3.19. The first-order chi connectivity index (χ1) is 13.3. The molecule has 6 heteroatoms. The summed E-state index contributed by atoms with van der Waals surface area (Å²) in [6.45, 7) is 0.987. The van der Waals surface area contributed by atoms with Crippen molar-refractivity contribution in [1.29, 1.82) is 0 Å². The molecular formula is C21H18N4O2. The average Bonchev–Trinajstić information content (AvgIpc) is 3.16. The number of carbonyl (C=O) groups excluding carboxylic acids is 1. The number of benzene rings is 2. The summed E-state index contributed by atoms with van der Waals surface area (Å²) in [5, 5.41) is 13.6. The Bertz CT molecular complexity index is 1040. The van der Waals surface area contributed by atoms with Gasteiger partial charge in [0.1, 0.15) is 17.3 Å². The van der Waals surface area contributed by atoms with Crippen LogP contribution in [0.2, 0.25) is 0 Å². The highest BCUT2D eigenvalue weighted by Crippen LogP contribution is 2.42. The van der Waals surface area contributed by atoms with Crippen molar-refractivity contribution in [3.05, 3.63) is 83.2 Å². The fourth-order valence-corrected chi connectivity index (χ4v) is 3.76. The number of aromatic amines is 1. The molecule has 27 heavy (non-hydrogen) atoms. The maximum Gasteiger partial charge on any atom is 0.175 e. The van der Waals surface area contributed by atoms with Crippen LogP contribution in [0.4, 0.5) is 5.82 Å². The number of Topliss-reactive ketones (excluding diaryl/α,β-unsaturated/α-hetero) is 1. The van der Waals surface area contributed by atoms with Gasteiger partial charge < -0.3 is 15.4 Å². The summed E-state index contributed by atoms with van der Waals surface area (Å²) < 4.78 is 5.99. The SMILES string of the molecule is O=C1CNCC2=C1C(c1cccc(Oc3ccccc3)c1)c1cn[nH]c1N2. The largest absolute Gasteiger partial charge is 0.457 e. The third-order valence-corrected chi connectivity index (χ3v) is 4.93. The standard InChI is InChI=1S/C21H18N4O2/c26-18-12-22-11-17-20(18)19(16-10-23-25-21(16)24-17)13-5-4-8-15(9-13)27-14-6-2-1-3-7-14/h1-10,19,22H,11-12H2,(H2,23,24,25). The molecular weight excluding hydrogens is 340 g/mol. The van der Waals surface area contributed by atoms with Gasteiger partial charge >= 0.3 is 0 Å². The molecule has 2 aliphatic rings. The number of ketones is 1. The van der Waals surface area contributed by atoms with E-state index in [1.165, 1.54) is 0 Å². The molecule has 1 unspecified atom stereocenters. The normalized spacial score (nSPS) is 18.5. The number of aromatic nitrogens is 2. The van der Waals surface area contributed by atoms with E-state index in [1.807, 2.05) is 54.6 Å². The highest BCUT2D eigenvalue weighted by Gasteiger charge is 2.36. The molecule has 0 amide bonds. The van der Waals surface area contributed by atoms with E-state index in [-0.39, 0.29) is 11.7 Å². The van der Waals surface area contributed by atoms with Crippen molar-refractivity contribution in [3.63, 3.8) is 0 Å².